The third kappa shape index (κ3) is 3.21. The van der Waals surface area contributed by atoms with Crippen molar-refractivity contribution in [2.75, 3.05) is 32.7 Å². The summed E-state index contributed by atoms with van der Waals surface area (Å²) in [7, 11) is 0. The number of likely N-dealkylation sites (tertiary alicyclic amines) is 2. The first-order valence-electron chi connectivity index (χ1n) is 9.85. The zero-order valence-electron chi connectivity index (χ0n) is 14.6. The van der Waals surface area contributed by atoms with Crippen molar-refractivity contribution in [3.05, 3.63) is 0 Å². The molecular weight excluding hydrogens is 310 g/mol. The van der Waals surface area contributed by atoms with Crippen molar-refractivity contribution in [2.24, 2.45) is 17.3 Å². The van der Waals surface area contributed by atoms with Gasteiger partial charge >= 0.3 is 0 Å². The van der Waals surface area contributed by atoms with Gasteiger partial charge in [-0.3, -0.25) is 4.79 Å². The highest BCUT2D eigenvalue weighted by Crippen LogP contribution is 2.45. The van der Waals surface area contributed by atoms with Gasteiger partial charge < -0.3 is 9.80 Å². The molecule has 0 aromatic heterocycles. The Hall–Kier alpha value is -0.710. The van der Waals surface area contributed by atoms with Crippen LogP contribution in [0.4, 0.5) is 8.78 Å². The highest BCUT2D eigenvalue weighted by Gasteiger charge is 2.54. The van der Waals surface area contributed by atoms with Crippen LogP contribution in [0.2, 0.25) is 0 Å². The number of amides is 1. The number of carbonyl (C=O) groups excluding carboxylic acids is 1. The highest BCUT2D eigenvalue weighted by atomic mass is 19.3. The molecule has 3 nitrogen and oxygen atoms in total. The summed E-state index contributed by atoms with van der Waals surface area (Å²) in [5.41, 5.74) is -0.181. The Morgan fingerprint density at radius 3 is 2.38 bits per heavy atom. The van der Waals surface area contributed by atoms with Crippen LogP contribution >= 0.6 is 0 Å². The monoisotopic (exact) mass is 340 g/mol. The molecule has 2 aliphatic carbocycles. The SMILES string of the molecule is O=C1N(CC2CCCCC2)C[C@@]12CCCN(CC1CC(F)(F)C1)C2. The Morgan fingerprint density at radius 2 is 1.71 bits per heavy atom. The number of hydrogen-bond acceptors (Lipinski definition) is 2. The van der Waals surface area contributed by atoms with Crippen molar-refractivity contribution >= 4 is 5.91 Å². The van der Waals surface area contributed by atoms with E-state index < -0.39 is 5.92 Å². The molecule has 1 spiro atoms. The third-order valence-corrected chi connectivity index (χ3v) is 6.78. The van der Waals surface area contributed by atoms with Gasteiger partial charge in [-0.05, 0) is 44.1 Å². The molecule has 2 saturated carbocycles. The molecule has 4 rings (SSSR count). The molecule has 2 aliphatic heterocycles. The standard InChI is InChI=1S/C19H30F2N2O/c20-19(21)9-16(10-19)11-22-8-4-7-18(13-22)14-23(17(18)24)12-15-5-2-1-3-6-15/h15-16H,1-14H2/t18-/m0/s1. The summed E-state index contributed by atoms with van der Waals surface area (Å²) in [6.45, 7) is 4.39. The normalized spacial score (nSPS) is 35.1. The Balaban J connectivity index is 1.27. The molecule has 4 aliphatic rings. The first-order valence-corrected chi connectivity index (χ1v) is 9.85. The van der Waals surface area contributed by atoms with Gasteiger partial charge in [-0.15, -0.1) is 0 Å². The van der Waals surface area contributed by atoms with Crippen LogP contribution in [0.1, 0.15) is 57.8 Å². The van der Waals surface area contributed by atoms with E-state index in [-0.39, 0.29) is 24.2 Å². The Morgan fingerprint density at radius 1 is 0.958 bits per heavy atom. The lowest BCUT2D eigenvalue weighted by atomic mass is 9.71. The summed E-state index contributed by atoms with van der Waals surface area (Å²) in [4.78, 5) is 17.2. The van der Waals surface area contributed by atoms with Crippen LogP contribution in [-0.2, 0) is 4.79 Å². The fourth-order valence-corrected chi connectivity index (χ4v) is 5.54. The Labute approximate surface area is 143 Å². The van der Waals surface area contributed by atoms with E-state index in [1.807, 2.05) is 0 Å². The van der Waals surface area contributed by atoms with Gasteiger partial charge in [0, 0.05) is 39.0 Å². The Bertz CT molecular complexity index is 484. The molecule has 0 aromatic carbocycles. The lowest BCUT2D eigenvalue weighted by Crippen LogP contribution is -2.67. The van der Waals surface area contributed by atoms with E-state index in [1.165, 1.54) is 32.1 Å². The topological polar surface area (TPSA) is 23.6 Å². The molecule has 5 heteroatoms. The van der Waals surface area contributed by atoms with Crippen molar-refractivity contribution in [3.63, 3.8) is 0 Å². The number of alkyl halides is 2. The van der Waals surface area contributed by atoms with Crippen molar-refractivity contribution < 1.29 is 13.6 Å². The maximum absolute atomic E-state index is 13.0. The molecule has 136 valence electrons. The van der Waals surface area contributed by atoms with Gasteiger partial charge in [0.05, 0.1) is 5.41 Å². The zero-order chi connectivity index (χ0) is 16.8. The molecule has 0 radical (unpaired) electrons. The third-order valence-electron chi connectivity index (χ3n) is 6.78. The molecule has 2 saturated heterocycles. The first kappa shape index (κ1) is 16.7. The molecule has 0 unspecified atom stereocenters. The number of rotatable bonds is 4. The van der Waals surface area contributed by atoms with E-state index in [4.69, 9.17) is 0 Å². The van der Waals surface area contributed by atoms with Crippen molar-refractivity contribution in [2.45, 2.75) is 63.7 Å². The van der Waals surface area contributed by atoms with Crippen LogP contribution in [-0.4, -0.2) is 54.4 Å². The fraction of sp³-hybridized carbons (Fsp3) is 0.947. The summed E-state index contributed by atoms with van der Waals surface area (Å²) in [6.07, 6.45) is 8.64. The summed E-state index contributed by atoms with van der Waals surface area (Å²) in [5, 5.41) is 0. The van der Waals surface area contributed by atoms with Gasteiger partial charge in [0.2, 0.25) is 11.8 Å². The number of piperidine rings is 1. The van der Waals surface area contributed by atoms with Crippen molar-refractivity contribution in [3.8, 4) is 0 Å². The number of carbonyl (C=O) groups is 1. The first-order chi connectivity index (χ1) is 11.5. The molecular formula is C19H30F2N2O. The smallest absolute Gasteiger partial charge is 0.248 e. The maximum atomic E-state index is 13.0. The van der Waals surface area contributed by atoms with E-state index in [2.05, 4.69) is 9.80 Å². The zero-order valence-corrected chi connectivity index (χ0v) is 14.6. The predicted molar refractivity (Wildman–Crippen MR) is 88.9 cm³/mol. The number of halogens is 2. The van der Waals surface area contributed by atoms with E-state index in [0.29, 0.717) is 11.8 Å². The van der Waals surface area contributed by atoms with Crippen LogP contribution in [0.3, 0.4) is 0 Å². The van der Waals surface area contributed by atoms with Gasteiger partial charge in [0.1, 0.15) is 0 Å². The molecule has 0 bridgehead atoms. The second kappa shape index (κ2) is 6.22. The summed E-state index contributed by atoms with van der Waals surface area (Å²) in [6, 6.07) is 0. The maximum Gasteiger partial charge on any atom is 0.248 e. The molecule has 1 amide bonds. The van der Waals surface area contributed by atoms with Crippen LogP contribution in [0, 0.1) is 17.3 Å². The molecule has 4 fully saturated rings. The molecule has 0 N–H and O–H groups in total. The minimum Gasteiger partial charge on any atom is -0.341 e. The van der Waals surface area contributed by atoms with E-state index in [0.717, 1.165) is 45.6 Å². The molecule has 24 heavy (non-hydrogen) atoms. The van der Waals surface area contributed by atoms with E-state index >= 15 is 0 Å². The molecule has 2 heterocycles. The Kier molecular flexibility index (Phi) is 4.34. The average molecular weight is 340 g/mol. The second-order valence-corrected chi connectivity index (χ2v) is 8.94. The van der Waals surface area contributed by atoms with Gasteiger partial charge in [-0.2, -0.15) is 0 Å². The second-order valence-electron chi connectivity index (χ2n) is 8.94. The minimum absolute atomic E-state index is 0.0399. The van der Waals surface area contributed by atoms with E-state index in [9.17, 15) is 13.6 Å². The number of nitrogens with zero attached hydrogens (tertiary/aromatic N) is 2. The van der Waals surface area contributed by atoms with Crippen LogP contribution in [0.25, 0.3) is 0 Å². The fourth-order valence-electron chi connectivity index (χ4n) is 5.54. The van der Waals surface area contributed by atoms with E-state index in [1.54, 1.807) is 0 Å². The van der Waals surface area contributed by atoms with Crippen LogP contribution in [0.5, 0.6) is 0 Å². The minimum atomic E-state index is -2.43. The lowest BCUT2D eigenvalue weighted by molar-refractivity contribution is -0.169. The molecule has 1 atom stereocenters. The predicted octanol–water partition coefficient (Wildman–Crippen LogP) is 3.54. The van der Waals surface area contributed by atoms with Crippen molar-refractivity contribution in [1.82, 2.24) is 9.80 Å². The van der Waals surface area contributed by atoms with Crippen molar-refractivity contribution in [1.29, 1.82) is 0 Å². The summed E-state index contributed by atoms with van der Waals surface area (Å²) < 4.78 is 26.1. The number of hydrogen-bond donors (Lipinski definition) is 0. The summed E-state index contributed by atoms with van der Waals surface area (Å²) in [5.74, 6) is -1.25. The molecule has 0 aromatic rings. The van der Waals surface area contributed by atoms with Crippen LogP contribution in [0.15, 0.2) is 0 Å². The average Bonchev–Trinajstić information content (AvgIpc) is 2.54. The quantitative estimate of drug-likeness (QED) is 0.731. The van der Waals surface area contributed by atoms with Gasteiger partial charge in [-0.1, -0.05) is 19.3 Å². The largest absolute Gasteiger partial charge is 0.341 e. The lowest BCUT2D eigenvalue weighted by Gasteiger charge is -2.54. The number of β-lactam (4-membered cyclic amide) rings is 1. The van der Waals surface area contributed by atoms with Gasteiger partial charge in [-0.25, -0.2) is 8.78 Å². The van der Waals surface area contributed by atoms with Gasteiger partial charge in [0.25, 0.3) is 0 Å². The summed E-state index contributed by atoms with van der Waals surface area (Å²) >= 11 is 0. The van der Waals surface area contributed by atoms with Gasteiger partial charge in [0.15, 0.2) is 0 Å². The van der Waals surface area contributed by atoms with Crippen LogP contribution < -0.4 is 0 Å². The highest BCUT2D eigenvalue weighted by molar-refractivity contribution is 5.89.